The molecule has 0 aliphatic carbocycles. The number of rotatable bonds is 5. The molecule has 3 heteroatoms. The molecule has 0 bridgehead atoms. The fraction of sp³-hybridized carbons (Fsp3) is 0.647. The first-order valence-electron chi connectivity index (χ1n) is 7.88. The molecule has 1 fully saturated rings. The molecule has 0 aromatic heterocycles. The third-order valence-corrected chi connectivity index (χ3v) is 4.87. The SMILES string of the molecule is CNC(CCN1CCCCCC1C)c1ccccc1Cl. The minimum Gasteiger partial charge on any atom is -0.313 e. The van der Waals surface area contributed by atoms with Crippen LogP contribution < -0.4 is 5.32 Å². The van der Waals surface area contributed by atoms with Gasteiger partial charge in [0.25, 0.3) is 0 Å². The summed E-state index contributed by atoms with van der Waals surface area (Å²) in [5.41, 5.74) is 1.22. The van der Waals surface area contributed by atoms with Gasteiger partial charge < -0.3 is 10.2 Å². The molecule has 0 radical (unpaired) electrons. The van der Waals surface area contributed by atoms with Gasteiger partial charge in [-0.15, -0.1) is 0 Å². The van der Waals surface area contributed by atoms with Crippen LogP contribution in [-0.4, -0.2) is 31.1 Å². The number of hydrogen-bond acceptors (Lipinski definition) is 2. The first kappa shape index (κ1) is 15.8. The summed E-state index contributed by atoms with van der Waals surface area (Å²) < 4.78 is 0. The number of benzene rings is 1. The molecule has 0 saturated carbocycles. The lowest BCUT2D eigenvalue weighted by Gasteiger charge is -2.29. The topological polar surface area (TPSA) is 15.3 Å². The van der Waals surface area contributed by atoms with Gasteiger partial charge >= 0.3 is 0 Å². The van der Waals surface area contributed by atoms with Gasteiger partial charge in [-0.1, -0.05) is 42.6 Å². The van der Waals surface area contributed by atoms with Crippen LogP contribution in [0.5, 0.6) is 0 Å². The molecule has 1 aromatic carbocycles. The molecule has 1 aliphatic rings. The van der Waals surface area contributed by atoms with Gasteiger partial charge in [0.15, 0.2) is 0 Å². The molecule has 20 heavy (non-hydrogen) atoms. The van der Waals surface area contributed by atoms with Crippen molar-refractivity contribution in [2.24, 2.45) is 0 Å². The van der Waals surface area contributed by atoms with Crippen LogP contribution in [0.25, 0.3) is 0 Å². The van der Waals surface area contributed by atoms with Crippen LogP contribution in [0.4, 0.5) is 0 Å². The van der Waals surface area contributed by atoms with Gasteiger partial charge in [-0.05, 0) is 51.4 Å². The first-order valence-corrected chi connectivity index (χ1v) is 8.26. The van der Waals surface area contributed by atoms with Crippen molar-refractivity contribution in [2.75, 3.05) is 20.1 Å². The molecule has 1 saturated heterocycles. The van der Waals surface area contributed by atoms with Crippen LogP contribution in [-0.2, 0) is 0 Å². The molecule has 0 spiro atoms. The van der Waals surface area contributed by atoms with Gasteiger partial charge in [0.05, 0.1) is 0 Å². The molecule has 2 rings (SSSR count). The van der Waals surface area contributed by atoms with Gasteiger partial charge in [-0.2, -0.15) is 0 Å². The highest BCUT2D eigenvalue weighted by Gasteiger charge is 2.19. The van der Waals surface area contributed by atoms with E-state index >= 15 is 0 Å². The predicted molar refractivity (Wildman–Crippen MR) is 87.4 cm³/mol. The highest BCUT2D eigenvalue weighted by atomic mass is 35.5. The molecule has 2 unspecified atom stereocenters. The number of likely N-dealkylation sites (tertiary alicyclic amines) is 1. The van der Waals surface area contributed by atoms with Crippen LogP contribution >= 0.6 is 11.6 Å². The fourth-order valence-corrected chi connectivity index (χ4v) is 3.44. The van der Waals surface area contributed by atoms with E-state index < -0.39 is 0 Å². The molecule has 2 atom stereocenters. The van der Waals surface area contributed by atoms with Crippen molar-refractivity contribution in [3.8, 4) is 0 Å². The molecule has 1 aliphatic heterocycles. The van der Waals surface area contributed by atoms with Gasteiger partial charge in [0, 0.05) is 23.7 Å². The zero-order valence-corrected chi connectivity index (χ0v) is 13.5. The van der Waals surface area contributed by atoms with Gasteiger partial charge in [0.1, 0.15) is 0 Å². The molecule has 1 N–H and O–H groups in total. The Kier molecular flexibility index (Phi) is 6.34. The Labute approximate surface area is 128 Å². The monoisotopic (exact) mass is 294 g/mol. The molecule has 0 amide bonds. The Hall–Kier alpha value is -0.570. The lowest BCUT2D eigenvalue weighted by atomic mass is 10.0. The van der Waals surface area contributed by atoms with Crippen molar-refractivity contribution in [2.45, 2.75) is 51.1 Å². The molecule has 2 nitrogen and oxygen atoms in total. The van der Waals surface area contributed by atoms with E-state index in [4.69, 9.17) is 11.6 Å². The van der Waals surface area contributed by atoms with Crippen LogP contribution in [0.1, 0.15) is 50.6 Å². The van der Waals surface area contributed by atoms with Crippen molar-refractivity contribution < 1.29 is 0 Å². The largest absolute Gasteiger partial charge is 0.313 e. The average molecular weight is 295 g/mol. The number of nitrogens with one attached hydrogen (secondary N) is 1. The van der Waals surface area contributed by atoms with Crippen LogP contribution in [0.2, 0.25) is 5.02 Å². The Morgan fingerprint density at radius 1 is 1.30 bits per heavy atom. The van der Waals surface area contributed by atoms with Crippen LogP contribution in [0, 0.1) is 0 Å². The summed E-state index contributed by atoms with van der Waals surface area (Å²) in [6.07, 6.45) is 6.58. The summed E-state index contributed by atoms with van der Waals surface area (Å²) in [5, 5.41) is 4.29. The van der Waals surface area contributed by atoms with Gasteiger partial charge in [-0.3, -0.25) is 0 Å². The van der Waals surface area contributed by atoms with E-state index in [0.29, 0.717) is 6.04 Å². The van der Waals surface area contributed by atoms with E-state index in [2.05, 4.69) is 29.3 Å². The maximum atomic E-state index is 6.32. The third-order valence-electron chi connectivity index (χ3n) is 4.52. The molecule has 1 heterocycles. The van der Waals surface area contributed by atoms with E-state index in [1.54, 1.807) is 0 Å². The lowest BCUT2D eigenvalue weighted by Crippen LogP contribution is -2.35. The minimum absolute atomic E-state index is 0.346. The quantitative estimate of drug-likeness (QED) is 0.873. The van der Waals surface area contributed by atoms with Crippen molar-refractivity contribution in [3.63, 3.8) is 0 Å². The smallest absolute Gasteiger partial charge is 0.0453 e. The minimum atomic E-state index is 0.346. The molecule has 1 aromatic rings. The van der Waals surface area contributed by atoms with Crippen molar-refractivity contribution in [1.82, 2.24) is 10.2 Å². The fourth-order valence-electron chi connectivity index (χ4n) is 3.17. The van der Waals surface area contributed by atoms with Crippen LogP contribution in [0.3, 0.4) is 0 Å². The second-order valence-corrected chi connectivity index (χ2v) is 6.29. The number of halogens is 1. The Balaban J connectivity index is 1.95. The Morgan fingerprint density at radius 2 is 2.10 bits per heavy atom. The number of hydrogen-bond donors (Lipinski definition) is 1. The standard InChI is InChI=1S/C17H27ClN2/c1-14-8-4-3-7-12-20(14)13-11-17(19-2)15-9-5-6-10-16(15)18/h5-6,9-10,14,17,19H,3-4,7-8,11-13H2,1-2H3. The van der Waals surface area contributed by atoms with Crippen molar-refractivity contribution >= 4 is 11.6 Å². The predicted octanol–water partition coefficient (Wildman–Crippen LogP) is 4.26. The molecular formula is C17H27ClN2. The first-order chi connectivity index (χ1) is 9.72. The average Bonchev–Trinajstić information content (AvgIpc) is 2.66. The third kappa shape index (κ3) is 4.21. The van der Waals surface area contributed by atoms with E-state index in [1.807, 2.05) is 19.2 Å². The maximum Gasteiger partial charge on any atom is 0.0453 e. The van der Waals surface area contributed by atoms with Crippen molar-refractivity contribution in [1.29, 1.82) is 0 Å². The maximum absolute atomic E-state index is 6.32. The van der Waals surface area contributed by atoms with Crippen LogP contribution in [0.15, 0.2) is 24.3 Å². The second-order valence-electron chi connectivity index (χ2n) is 5.89. The van der Waals surface area contributed by atoms with E-state index in [9.17, 15) is 0 Å². The summed E-state index contributed by atoms with van der Waals surface area (Å²) in [7, 11) is 2.03. The summed E-state index contributed by atoms with van der Waals surface area (Å²) in [6.45, 7) is 4.77. The van der Waals surface area contributed by atoms with Crippen molar-refractivity contribution in [3.05, 3.63) is 34.9 Å². The normalized spacial score (nSPS) is 22.4. The zero-order valence-electron chi connectivity index (χ0n) is 12.7. The molecule has 112 valence electrons. The summed E-state index contributed by atoms with van der Waals surface area (Å²) in [5.74, 6) is 0. The Bertz CT molecular complexity index is 408. The lowest BCUT2D eigenvalue weighted by molar-refractivity contribution is 0.203. The van der Waals surface area contributed by atoms with Gasteiger partial charge in [0.2, 0.25) is 0 Å². The Morgan fingerprint density at radius 3 is 2.85 bits per heavy atom. The highest BCUT2D eigenvalue weighted by Crippen LogP contribution is 2.26. The highest BCUT2D eigenvalue weighted by molar-refractivity contribution is 6.31. The summed E-state index contributed by atoms with van der Waals surface area (Å²) in [4.78, 5) is 2.65. The van der Waals surface area contributed by atoms with Gasteiger partial charge in [-0.25, -0.2) is 0 Å². The second kappa shape index (κ2) is 8.02. The molecular weight excluding hydrogens is 268 g/mol. The summed E-state index contributed by atoms with van der Waals surface area (Å²) >= 11 is 6.32. The summed E-state index contributed by atoms with van der Waals surface area (Å²) in [6, 6.07) is 9.25. The van der Waals surface area contributed by atoms with E-state index in [0.717, 1.165) is 24.0 Å². The van der Waals surface area contributed by atoms with E-state index in [1.165, 1.54) is 37.8 Å². The number of nitrogens with zero attached hydrogens (tertiary/aromatic N) is 1. The zero-order chi connectivity index (χ0) is 14.4. The van der Waals surface area contributed by atoms with E-state index in [-0.39, 0.29) is 0 Å².